The van der Waals surface area contributed by atoms with Crippen LogP contribution in [0.2, 0.25) is 0 Å². The van der Waals surface area contributed by atoms with Gasteiger partial charge >= 0.3 is 0 Å². The van der Waals surface area contributed by atoms with Crippen molar-refractivity contribution in [2.75, 3.05) is 0 Å². The van der Waals surface area contributed by atoms with Crippen LogP contribution in [0.5, 0.6) is 0 Å². The Morgan fingerprint density at radius 2 is 2.00 bits per heavy atom. The van der Waals surface area contributed by atoms with Gasteiger partial charge in [-0.05, 0) is 35.3 Å². The second-order valence-electron chi connectivity index (χ2n) is 3.20. The fraction of sp³-hybridized carbons (Fsp3) is 0.273. The zero-order valence-electron chi connectivity index (χ0n) is 7.90. The van der Waals surface area contributed by atoms with Crippen molar-refractivity contribution in [1.29, 1.82) is 0 Å². The number of allylic oxidation sites excluding steroid dienone is 1. The lowest BCUT2D eigenvalue weighted by atomic mass is 10.0. The molecule has 0 unspecified atom stereocenters. The summed E-state index contributed by atoms with van der Waals surface area (Å²) in [6.07, 6.45) is 6.23. The van der Waals surface area contributed by atoms with Crippen LogP contribution in [0.3, 0.4) is 0 Å². The Balaban J connectivity index is 2.92. The van der Waals surface area contributed by atoms with Gasteiger partial charge in [0.05, 0.1) is 0 Å². The summed E-state index contributed by atoms with van der Waals surface area (Å²) in [5.41, 5.74) is 1.83. The molecule has 1 rings (SSSR count). The third kappa shape index (κ3) is 2.82. The van der Waals surface area contributed by atoms with E-state index in [1.165, 1.54) is 0 Å². The van der Waals surface area contributed by atoms with Gasteiger partial charge in [0.25, 0.3) is 0 Å². The Morgan fingerprint density at radius 1 is 1.38 bits per heavy atom. The van der Waals surface area contributed by atoms with E-state index in [0.717, 1.165) is 17.4 Å². The third-order valence-electron chi connectivity index (χ3n) is 1.84. The molecule has 1 aromatic rings. The zero-order chi connectivity index (χ0) is 9.68. The van der Waals surface area contributed by atoms with E-state index in [9.17, 15) is 4.79 Å². The number of nitrogens with zero attached hydrogens (tertiary/aromatic N) is 1. The van der Waals surface area contributed by atoms with Gasteiger partial charge in [0.1, 0.15) is 6.29 Å². The van der Waals surface area contributed by atoms with Gasteiger partial charge in [0.15, 0.2) is 0 Å². The first kappa shape index (κ1) is 9.65. The summed E-state index contributed by atoms with van der Waals surface area (Å²) in [4.78, 5) is 14.6. The van der Waals surface area contributed by atoms with Gasteiger partial charge < -0.3 is 0 Å². The minimum atomic E-state index is 0.269. The van der Waals surface area contributed by atoms with Crippen molar-refractivity contribution in [3.8, 4) is 0 Å². The van der Waals surface area contributed by atoms with Crippen LogP contribution in [0.4, 0.5) is 0 Å². The summed E-state index contributed by atoms with van der Waals surface area (Å²) in [5, 5.41) is 0. The van der Waals surface area contributed by atoms with Crippen LogP contribution in [-0.2, 0) is 4.79 Å². The number of rotatable bonds is 3. The lowest BCUT2D eigenvalue weighted by molar-refractivity contribution is -0.105. The largest absolute Gasteiger partial charge is 0.298 e. The molecular weight excluding hydrogens is 162 g/mol. The van der Waals surface area contributed by atoms with Gasteiger partial charge in [-0.2, -0.15) is 0 Å². The quantitative estimate of drug-likeness (QED) is 0.521. The minimum Gasteiger partial charge on any atom is -0.298 e. The molecule has 0 fully saturated rings. The zero-order valence-corrected chi connectivity index (χ0v) is 7.90. The summed E-state index contributed by atoms with van der Waals surface area (Å²) in [6, 6.07) is 3.76. The smallest absolute Gasteiger partial charge is 0.146 e. The molecule has 0 N–H and O–H groups in total. The third-order valence-corrected chi connectivity index (χ3v) is 1.84. The topological polar surface area (TPSA) is 30.0 Å². The van der Waals surface area contributed by atoms with E-state index in [4.69, 9.17) is 0 Å². The summed E-state index contributed by atoms with van der Waals surface area (Å²) in [6.45, 7) is 4.00. The average Bonchev–Trinajstić information content (AvgIpc) is 2.15. The van der Waals surface area contributed by atoms with Gasteiger partial charge in [0.2, 0.25) is 0 Å². The van der Waals surface area contributed by atoms with Gasteiger partial charge in [-0.15, -0.1) is 0 Å². The fourth-order valence-corrected chi connectivity index (χ4v) is 0.989. The SMILES string of the molecule is CC(C)C(C=O)=Cc1ccncc1. The molecule has 0 saturated heterocycles. The number of hydrogen-bond donors (Lipinski definition) is 0. The Labute approximate surface area is 78.3 Å². The molecule has 0 spiro atoms. The molecule has 1 aromatic heterocycles. The molecule has 0 atom stereocenters. The van der Waals surface area contributed by atoms with E-state index in [1.807, 2.05) is 32.1 Å². The van der Waals surface area contributed by atoms with E-state index in [-0.39, 0.29) is 5.92 Å². The van der Waals surface area contributed by atoms with E-state index in [1.54, 1.807) is 12.4 Å². The number of carbonyl (C=O) groups excluding carboxylic acids is 1. The summed E-state index contributed by atoms with van der Waals surface area (Å²) < 4.78 is 0. The summed E-state index contributed by atoms with van der Waals surface area (Å²) in [7, 11) is 0. The van der Waals surface area contributed by atoms with E-state index >= 15 is 0 Å². The van der Waals surface area contributed by atoms with Crippen LogP contribution in [0.1, 0.15) is 19.4 Å². The number of aldehydes is 1. The van der Waals surface area contributed by atoms with Gasteiger partial charge in [0, 0.05) is 12.4 Å². The van der Waals surface area contributed by atoms with E-state index in [0.29, 0.717) is 0 Å². The normalized spacial score (nSPS) is 11.8. The predicted octanol–water partition coefficient (Wildman–Crippen LogP) is 2.32. The van der Waals surface area contributed by atoms with Gasteiger partial charge in [-0.3, -0.25) is 9.78 Å². The fourth-order valence-electron chi connectivity index (χ4n) is 0.989. The molecule has 13 heavy (non-hydrogen) atoms. The highest BCUT2D eigenvalue weighted by Crippen LogP contribution is 2.11. The van der Waals surface area contributed by atoms with Crippen LogP contribution >= 0.6 is 0 Å². The molecule has 1 heterocycles. The first-order valence-electron chi connectivity index (χ1n) is 4.31. The van der Waals surface area contributed by atoms with Crippen LogP contribution in [0.15, 0.2) is 30.1 Å². The van der Waals surface area contributed by atoms with Crippen LogP contribution in [0, 0.1) is 5.92 Å². The Hall–Kier alpha value is -1.44. The molecule has 2 nitrogen and oxygen atoms in total. The van der Waals surface area contributed by atoms with Crippen LogP contribution < -0.4 is 0 Å². The lowest BCUT2D eigenvalue weighted by Crippen LogP contribution is -1.94. The summed E-state index contributed by atoms with van der Waals surface area (Å²) >= 11 is 0. The van der Waals surface area contributed by atoms with Gasteiger partial charge in [-0.1, -0.05) is 13.8 Å². The van der Waals surface area contributed by atoms with Crippen molar-refractivity contribution < 1.29 is 4.79 Å². The molecule has 0 aliphatic heterocycles. The average molecular weight is 175 g/mol. The van der Waals surface area contributed by atoms with Crippen LogP contribution in [0.25, 0.3) is 6.08 Å². The van der Waals surface area contributed by atoms with Crippen molar-refractivity contribution in [3.05, 3.63) is 35.7 Å². The monoisotopic (exact) mass is 175 g/mol. The highest BCUT2D eigenvalue weighted by atomic mass is 16.1. The molecule has 0 aliphatic rings. The lowest BCUT2D eigenvalue weighted by Gasteiger charge is -2.02. The van der Waals surface area contributed by atoms with Crippen molar-refractivity contribution in [2.45, 2.75) is 13.8 Å². The first-order valence-corrected chi connectivity index (χ1v) is 4.31. The predicted molar refractivity (Wildman–Crippen MR) is 53.1 cm³/mol. The molecular formula is C11H13NO. The Kier molecular flexibility index (Phi) is 3.38. The molecule has 0 radical (unpaired) electrons. The van der Waals surface area contributed by atoms with E-state index in [2.05, 4.69) is 4.98 Å². The Bertz CT molecular complexity index is 301. The minimum absolute atomic E-state index is 0.269. The van der Waals surface area contributed by atoms with Crippen molar-refractivity contribution in [2.24, 2.45) is 5.92 Å². The number of hydrogen-bond acceptors (Lipinski definition) is 2. The highest BCUT2D eigenvalue weighted by molar-refractivity contribution is 5.82. The molecule has 0 aromatic carbocycles. The molecule has 0 bridgehead atoms. The van der Waals surface area contributed by atoms with Crippen LogP contribution in [-0.4, -0.2) is 11.3 Å². The maximum atomic E-state index is 10.7. The van der Waals surface area contributed by atoms with Gasteiger partial charge in [-0.25, -0.2) is 0 Å². The summed E-state index contributed by atoms with van der Waals surface area (Å²) in [5.74, 6) is 0.269. The maximum Gasteiger partial charge on any atom is 0.146 e. The number of carbonyl (C=O) groups is 1. The second-order valence-corrected chi connectivity index (χ2v) is 3.20. The molecule has 0 amide bonds. The van der Waals surface area contributed by atoms with E-state index < -0.39 is 0 Å². The highest BCUT2D eigenvalue weighted by Gasteiger charge is 2.00. The first-order chi connectivity index (χ1) is 6.24. The van der Waals surface area contributed by atoms with Crippen molar-refractivity contribution >= 4 is 12.4 Å². The number of aromatic nitrogens is 1. The molecule has 2 heteroatoms. The molecule has 0 aliphatic carbocycles. The van der Waals surface area contributed by atoms with Crippen molar-refractivity contribution in [3.63, 3.8) is 0 Å². The maximum absolute atomic E-state index is 10.7. The van der Waals surface area contributed by atoms with Crippen molar-refractivity contribution in [1.82, 2.24) is 4.98 Å². The molecule has 0 saturated carbocycles. The second kappa shape index (κ2) is 4.55. The molecule has 68 valence electrons. The number of pyridine rings is 1. The standard InChI is InChI=1S/C11H13NO/c1-9(2)11(8-13)7-10-3-5-12-6-4-10/h3-9H,1-2H3. The Morgan fingerprint density at radius 3 is 2.46 bits per heavy atom.